The number of hydrogen-bond acceptors (Lipinski definition) is 4. The van der Waals surface area contributed by atoms with E-state index in [1.165, 1.54) is 10.4 Å². The molecular formula is C22H32F3N3O3S. The molecule has 0 bridgehead atoms. The molecule has 6 nitrogen and oxygen atoms in total. The van der Waals surface area contributed by atoms with Gasteiger partial charge in [-0.25, -0.2) is 8.42 Å². The quantitative estimate of drug-likeness (QED) is 0.625. The third-order valence-electron chi connectivity index (χ3n) is 6.39. The summed E-state index contributed by atoms with van der Waals surface area (Å²) in [4.78, 5) is 14.1. The van der Waals surface area contributed by atoms with Gasteiger partial charge in [0.05, 0.1) is 10.5 Å². The number of nitrogens with one attached hydrogen (secondary N) is 1. The van der Waals surface area contributed by atoms with Crippen molar-refractivity contribution < 1.29 is 26.4 Å². The molecule has 1 aliphatic carbocycles. The van der Waals surface area contributed by atoms with Gasteiger partial charge >= 0.3 is 6.18 Å². The summed E-state index contributed by atoms with van der Waals surface area (Å²) in [7, 11) is -2.24. The number of piperidine rings is 1. The lowest BCUT2D eigenvalue weighted by Crippen LogP contribution is -2.50. The van der Waals surface area contributed by atoms with Crippen LogP contribution in [-0.2, 0) is 21.0 Å². The Bertz CT molecular complexity index is 908. The minimum absolute atomic E-state index is 0.0372. The van der Waals surface area contributed by atoms with Gasteiger partial charge in [0.25, 0.3) is 0 Å². The van der Waals surface area contributed by atoms with Gasteiger partial charge in [-0.05, 0) is 56.8 Å². The Morgan fingerprint density at radius 3 is 2.25 bits per heavy atom. The summed E-state index contributed by atoms with van der Waals surface area (Å²) >= 11 is 0. The van der Waals surface area contributed by atoms with Crippen LogP contribution in [0.1, 0.15) is 51.5 Å². The first-order valence-corrected chi connectivity index (χ1v) is 12.5. The van der Waals surface area contributed by atoms with Crippen LogP contribution in [0.25, 0.3) is 0 Å². The molecule has 0 radical (unpaired) electrons. The predicted molar refractivity (Wildman–Crippen MR) is 115 cm³/mol. The first kappa shape index (κ1) is 25.0. The van der Waals surface area contributed by atoms with Crippen molar-refractivity contribution in [1.82, 2.24) is 14.5 Å². The van der Waals surface area contributed by atoms with Gasteiger partial charge in [-0.2, -0.15) is 17.5 Å². The number of sulfonamides is 1. The van der Waals surface area contributed by atoms with Crippen LogP contribution in [-0.4, -0.2) is 61.8 Å². The van der Waals surface area contributed by atoms with Crippen LogP contribution in [0.5, 0.6) is 0 Å². The van der Waals surface area contributed by atoms with Gasteiger partial charge in [-0.1, -0.05) is 19.9 Å². The maximum atomic E-state index is 13.3. The molecule has 0 aromatic heterocycles. The van der Waals surface area contributed by atoms with Crippen LogP contribution in [0.15, 0.2) is 29.2 Å². The van der Waals surface area contributed by atoms with E-state index in [2.05, 4.69) is 5.32 Å². The second-order valence-electron chi connectivity index (χ2n) is 9.05. The number of carbonyl (C=O) groups is 1. The number of carbonyl (C=O) groups excluding carboxylic acids is 1. The summed E-state index contributed by atoms with van der Waals surface area (Å²) in [5.41, 5.74) is -0.973. The molecule has 1 aliphatic heterocycles. The van der Waals surface area contributed by atoms with E-state index in [-0.39, 0.29) is 28.9 Å². The predicted octanol–water partition coefficient (Wildman–Crippen LogP) is 3.48. The van der Waals surface area contributed by atoms with Crippen molar-refractivity contribution in [3.05, 3.63) is 29.8 Å². The number of benzene rings is 1. The average molecular weight is 476 g/mol. The van der Waals surface area contributed by atoms with Gasteiger partial charge in [0.15, 0.2) is 0 Å². The van der Waals surface area contributed by atoms with Crippen molar-refractivity contribution in [2.24, 2.45) is 5.92 Å². The van der Waals surface area contributed by atoms with Crippen LogP contribution in [0, 0.1) is 5.92 Å². The second-order valence-corrected chi connectivity index (χ2v) is 10.9. The Kier molecular flexibility index (Phi) is 7.56. The van der Waals surface area contributed by atoms with Crippen LogP contribution >= 0.6 is 0 Å². The second kappa shape index (κ2) is 9.69. The minimum atomic E-state index is -4.61. The standard InChI is InChI=1S/C22H32F3N3O3S/c1-15(2)20(26-3)14-21(29)27-11-9-18(10-12-27)28(17-7-8-17)32(30,31)19-6-4-5-16(13-19)22(23,24)25/h4-6,13,15,17-18,20,26H,7-12,14H2,1-3H3. The highest BCUT2D eigenvalue weighted by Crippen LogP contribution is 2.38. The molecule has 1 saturated carbocycles. The van der Waals surface area contributed by atoms with Gasteiger partial charge in [-0.3, -0.25) is 4.79 Å². The minimum Gasteiger partial charge on any atom is -0.343 e. The normalized spacial score (nSPS) is 19.6. The van der Waals surface area contributed by atoms with Crippen LogP contribution in [0.4, 0.5) is 13.2 Å². The van der Waals surface area contributed by atoms with Crippen molar-refractivity contribution >= 4 is 15.9 Å². The third kappa shape index (κ3) is 5.63. The fourth-order valence-corrected chi connectivity index (χ4v) is 6.31. The van der Waals surface area contributed by atoms with E-state index < -0.39 is 21.8 Å². The number of hydrogen-bond donors (Lipinski definition) is 1. The van der Waals surface area contributed by atoms with Gasteiger partial charge in [-0.15, -0.1) is 0 Å². The van der Waals surface area contributed by atoms with Crippen molar-refractivity contribution in [2.75, 3.05) is 20.1 Å². The largest absolute Gasteiger partial charge is 0.416 e. The Morgan fingerprint density at radius 2 is 1.75 bits per heavy atom. The Balaban J connectivity index is 1.72. The Labute approximate surface area is 188 Å². The van der Waals surface area contributed by atoms with Gasteiger partial charge in [0.2, 0.25) is 15.9 Å². The lowest BCUT2D eigenvalue weighted by molar-refractivity contribution is -0.137. The molecule has 1 aromatic rings. The number of rotatable bonds is 8. The molecule has 1 heterocycles. The molecule has 180 valence electrons. The van der Waals surface area contributed by atoms with Crippen LogP contribution < -0.4 is 5.32 Å². The summed E-state index contributed by atoms with van der Waals surface area (Å²) in [6.45, 7) is 4.98. The molecule has 2 aliphatic rings. The lowest BCUT2D eigenvalue weighted by atomic mass is 9.99. The summed E-state index contributed by atoms with van der Waals surface area (Å²) in [5, 5.41) is 3.16. The van der Waals surface area contributed by atoms with E-state index in [1.54, 1.807) is 4.90 Å². The van der Waals surface area contributed by atoms with E-state index in [0.29, 0.717) is 57.2 Å². The molecule has 3 rings (SSSR count). The maximum Gasteiger partial charge on any atom is 0.416 e. The summed E-state index contributed by atoms with van der Waals surface area (Å²) in [6.07, 6.45) is -1.86. The summed E-state index contributed by atoms with van der Waals surface area (Å²) in [5.74, 6) is 0.347. The van der Waals surface area contributed by atoms with Gasteiger partial charge < -0.3 is 10.2 Å². The molecule has 1 saturated heterocycles. The molecule has 1 unspecified atom stereocenters. The van der Waals surface area contributed by atoms with Crippen molar-refractivity contribution in [3.63, 3.8) is 0 Å². The van der Waals surface area contributed by atoms with Crippen molar-refractivity contribution in [3.8, 4) is 0 Å². The lowest BCUT2D eigenvalue weighted by Gasteiger charge is -2.38. The Morgan fingerprint density at radius 1 is 1.16 bits per heavy atom. The highest BCUT2D eigenvalue weighted by atomic mass is 32.2. The van der Waals surface area contributed by atoms with Crippen molar-refractivity contribution in [1.29, 1.82) is 0 Å². The third-order valence-corrected chi connectivity index (χ3v) is 8.39. The monoisotopic (exact) mass is 475 g/mol. The summed E-state index contributed by atoms with van der Waals surface area (Å²) < 4.78 is 67.4. The van der Waals surface area contributed by atoms with Crippen LogP contribution in [0.3, 0.4) is 0 Å². The van der Waals surface area contributed by atoms with E-state index in [0.717, 1.165) is 12.1 Å². The topological polar surface area (TPSA) is 69.7 Å². The first-order chi connectivity index (χ1) is 14.9. The number of likely N-dealkylation sites (tertiary alicyclic amines) is 1. The highest BCUT2D eigenvalue weighted by Gasteiger charge is 2.44. The van der Waals surface area contributed by atoms with E-state index in [1.807, 2.05) is 20.9 Å². The fourth-order valence-electron chi connectivity index (χ4n) is 4.33. The Hall–Kier alpha value is -1.65. The molecule has 1 N–H and O–H groups in total. The molecule has 1 amide bonds. The number of alkyl halides is 3. The highest BCUT2D eigenvalue weighted by molar-refractivity contribution is 7.89. The first-order valence-electron chi connectivity index (χ1n) is 11.1. The van der Waals surface area contributed by atoms with E-state index in [9.17, 15) is 26.4 Å². The zero-order chi connectivity index (χ0) is 23.7. The average Bonchev–Trinajstić information content (AvgIpc) is 3.56. The molecule has 2 fully saturated rings. The zero-order valence-electron chi connectivity index (χ0n) is 18.7. The molecule has 32 heavy (non-hydrogen) atoms. The van der Waals surface area contributed by atoms with E-state index in [4.69, 9.17) is 0 Å². The zero-order valence-corrected chi connectivity index (χ0v) is 19.5. The fraction of sp³-hybridized carbons (Fsp3) is 0.682. The molecule has 10 heteroatoms. The smallest absolute Gasteiger partial charge is 0.343 e. The molecule has 1 atom stereocenters. The van der Waals surface area contributed by atoms with Gasteiger partial charge in [0, 0.05) is 37.6 Å². The number of nitrogens with zero attached hydrogens (tertiary/aromatic N) is 2. The molecular weight excluding hydrogens is 443 g/mol. The van der Waals surface area contributed by atoms with Crippen LogP contribution in [0.2, 0.25) is 0 Å². The molecule has 0 spiro atoms. The van der Waals surface area contributed by atoms with Crippen molar-refractivity contribution in [2.45, 2.75) is 75.1 Å². The number of halogens is 3. The summed E-state index contributed by atoms with van der Waals surface area (Å²) in [6, 6.07) is 3.52. The maximum absolute atomic E-state index is 13.3. The number of amides is 1. The molecule has 1 aromatic carbocycles. The SMILES string of the molecule is CNC(CC(=O)N1CCC(N(C2CC2)S(=O)(=O)c2cccc(C(F)(F)F)c2)CC1)C(C)C. The van der Waals surface area contributed by atoms with E-state index >= 15 is 0 Å². The van der Waals surface area contributed by atoms with Gasteiger partial charge in [0.1, 0.15) is 0 Å².